The predicted octanol–water partition coefficient (Wildman–Crippen LogP) is 5.07. The molecule has 3 rings (SSSR count). The Morgan fingerprint density at radius 1 is 0.935 bits per heavy atom. The van der Waals surface area contributed by atoms with Crippen LogP contribution in [0.4, 0.5) is 16.2 Å². The number of ether oxygens (including phenoxy) is 1. The van der Waals surface area contributed by atoms with Crippen LogP contribution < -0.4 is 16.4 Å². The van der Waals surface area contributed by atoms with Gasteiger partial charge in [0, 0.05) is 12.1 Å². The minimum absolute atomic E-state index is 0.257. The van der Waals surface area contributed by atoms with Gasteiger partial charge in [-0.05, 0) is 46.9 Å². The number of hydrogen-bond acceptors (Lipinski definition) is 4. The van der Waals surface area contributed by atoms with Crippen LogP contribution in [0.25, 0.3) is 11.1 Å². The van der Waals surface area contributed by atoms with Crippen LogP contribution in [0.5, 0.6) is 0 Å². The Hall–Kier alpha value is -3.80. The zero-order valence-electron chi connectivity index (χ0n) is 17.7. The molecular weight excluding hydrogens is 390 g/mol. The van der Waals surface area contributed by atoms with Crippen molar-refractivity contribution in [2.75, 3.05) is 17.7 Å². The summed E-state index contributed by atoms with van der Waals surface area (Å²) < 4.78 is 5.08. The summed E-state index contributed by atoms with van der Waals surface area (Å²) in [7, 11) is 0. The second-order valence-electron chi connectivity index (χ2n) is 7.66. The third-order valence-corrected chi connectivity index (χ3v) is 4.61. The fourth-order valence-electron chi connectivity index (χ4n) is 2.91. The fraction of sp³-hybridized carbons (Fsp3) is 0.200. The van der Waals surface area contributed by atoms with E-state index >= 15 is 0 Å². The molecule has 0 bridgehead atoms. The Morgan fingerprint density at radius 2 is 1.65 bits per heavy atom. The highest BCUT2D eigenvalue weighted by Crippen LogP contribution is 2.27. The molecule has 160 valence electrons. The second-order valence-corrected chi connectivity index (χ2v) is 7.66. The van der Waals surface area contributed by atoms with E-state index in [0.717, 1.165) is 16.7 Å². The van der Waals surface area contributed by atoms with E-state index < -0.39 is 6.09 Å². The molecule has 3 aromatic rings. The Labute approximate surface area is 182 Å². The first-order valence-corrected chi connectivity index (χ1v) is 10.2. The van der Waals surface area contributed by atoms with Gasteiger partial charge in [0.15, 0.2) is 0 Å². The van der Waals surface area contributed by atoms with E-state index in [4.69, 9.17) is 10.5 Å². The van der Waals surface area contributed by atoms with Gasteiger partial charge in [-0.3, -0.25) is 4.79 Å². The molecule has 3 aromatic carbocycles. The average molecular weight is 418 g/mol. The standard InChI is InChI=1S/C25H27N3O3/c1-17(2)16-31-25(30)27-15-18-8-10-20(11-9-18)24(29)28-23-14-21(12-13-22(23)26)19-6-4-3-5-7-19/h3-14,17H,15-16,26H2,1-2H3,(H,27,30)(H,28,29). The van der Waals surface area contributed by atoms with Crippen LogP contribution in [0.1, 0.15) is 29.8 Å². The van der Waals surface area contributed by atoms with Gasteiger partial charge in [0.25, 0.3) is 5.91 Å². The van der Waals surface area contributed by atoms with Gasteiger partial charge in [-0.2, -0.15) is 0 Å². The molecule has 0 aliphatic carbocycles. The van der Waals surface area contributed by atoms with E-state index in [1.807, 2.05) is 56.3 Å². The molecule has 6 heteroatoms. The summed E-state index contributed by atoms with van der Waals surface area (Å²) in [6.45, 7) is 4.65. The number of anilines is 2. The summed E-state index contributed by atoms with van der Waals surface area (Å²) in [5.74, 6) is 0.0266. The van der Waals surface area contributed by atoms with Crippen molar-refractivity contribution in [3.8, 4) is 11.1 Å². The summed E-state index contributed by atoms with van der Waals surface area (Å²) in [5.41, 5.74) is 10.5. The predicted molar refractivity (Wildman–Crippen MR) is 124 cm³/mol. The molecule has 0 atom stereocenters. The number of alkyl carbamates (subject to hydrolysis) is 1. The number of benzene rings is 3. The van der Waals surface area contributed by atoms with Crippen molar-refractivity contribution in [3.63, 3.8) is 0 Å². The van der Waals surface area contributed by atoms with Crippen LogP contribution in [0, 0.1) is 5.92 Å². The number of amides is 2. The lowest BCUT2D eigenvalue weighted by atomic mass is 10.0. The van der Waals surface area contributed by atoms with Crippen LogP contribution in [0.15, 0.2) is 72.8 Å². The van der Waals surface area contributed by atoms with Crippen molar-refractivity contribution in [2.45, 2.75) is 20.4 Å². The molecule has 0 aliphatic heterocycles. The monoisotopic (exact) mass is 417 g/mol. The third kappa shape index (κ3) is 6.34. The Balaban J connectivity index is 1.61. The normalized spacial score (nSPS) is 10.5. The molecule has 4 N–H and O–H groups in total. The van der Waals surface area contributed by atoms with Gasteiger partial charge in [0.1, 0.15) is 0 Å². The summed E-state index contributed by atoms with van der Waals surface area (Å²) in [6.07, 6.45) is -0.454. The lowest BCUT2D eigenvalue weighted by Gasteiger charge is -2.11. The van der Waals surface area contributed by atoms with Crippen molar-refractivity contribution < 1.29 is 14.3 Å². The first kappa shape index (κ1) is 21.9. The van der Waals surface area contributed by atoms with E-state index in [2.05, 4.69) is 10.6 Å². The van der Waals surface area contributed by atoms with Crippen molar-refractivity contribution in [1.82, 2.24) is 5.32 Å². The van der Waals surface area contributed by atoms with Crippen molar-refractivity contribution >= 4 is 23.4 Å². The highest BCUT2D eigenvalue weighted by Gasteiger charge is 2.10. The summed E-state index contributed by atoms with van der Waals surface area (Å²) in [6, 6.07) is 22.5. The number of carbonyl (C=O) groups is 2. The van der Waals surface area contributed by atoms with Crippen LogP contribution in [-0.4, -0.2) is 18.6 Å². The zero-order valence-corrected chi connectivity index (χ0v) is 17.7. The molecule has 6 nitrogen and oxygen atoms in total. The van der Waals surface area contributed by atoms with E-state index in [1.165, 1.54) is 0 Å². The highest BCUT2D eigenvalue weighted by molar-refractivity contribution is 6.06. The van der Waals surface area contributed by atoms with Crippen LogP contribution in [0.2, 0.25) is 0 Å². The third-order valence-electron chi connectivity index (χ3n) is 4.61. The SMILES string of the molecule is CC(C)COC(=O)NCc1ccc(C(=O)Nc2cc(-c3ccccc3)ccc2N)cc1. The van der Waals surface area contributed by atoms with Gasteiger partial charge in [-0.1, -0.05) is 62.4 Å². The largest absolute Gasteiger partial charge is 0.449 e. The van der Waals surface area contributed by atoms with E-state index in [9.17, 15) is 9.59 Å². The van der Waals surface area contributed by atoms with Crippen LogP contribution >= 0.6 is 0 Å². The topological polar surface area (TPSA) is 93.4 Å². The summed E-state index contributed by atoms with van der Waals surface area (Å²) in [5, 5.41) is 5.57. The molecule has 0 fully saturated rings. The molecule has 0 aromatic heterocycles. The summed E-state index contributed by atoms with van der Waals surface area (Å²) >= 11 is 0. The number of nitrogen functional groups attached to an aromatic ring is 1. The van der Waals surface area contributed by atoms with Crippen molar-refractivity contribution in [3.05, 3.63) is 83.9 Å². The van der Waals surface area contributed by atoms with E-state index in [0.29, 0.717) is 30.1 Å². The number of rotatable bonds is 7. The minimum Gasteiger partial charge on any atom is -0.449 e. The average Bonchev–Trinajstić information content (AvgIpc) is 2.78. The smallest absolute Gasteiger partial charge is 0.407 e. The fourth-order valence-corrected chi connectivity index (χ4v) is 2.91. The molecule has 31 heavy (non-hydrogen) atoms. The molecule has 0 radical (unpaired) electrons. The van der Waals surface area contributed by atoms with Crippen molar-refractivity contribution in [1.29, 1.82) is 0 Å². The van der Waals surface area contributed by atoms with Crippen LogP contribution in [0.3, 0.4) is 0 Å². The van der Waals surface area contributed by atoms with Crippen LogP contribution in [-0.2, 0) is 11.3 Å². The second kappa shape index (κ2) is 10.3. The van der Waals surface area contributed by atoms with Gasteiger partial charge in [-0.15, -0.1) is 0 Å². The molecule has 0 saturated carbocycles. The molecule has 0 unspecified atom stereocenters. The minimum atomic E-state index is -0.454. The van der Waals surface area contributed by atoms with Crippen molar-refractivity contribution in [2.24, 2.45) is 5.92 Å². The maximum Gasteiger partial charge on any atom is 0.407 e. The Bertz CT molecular complexity index is 1030. The number of nitrogens with one attached hydrogen (secondary N) is 2. The highest BCUT2D eigenvalue weighted by atomic mass is 16.5. The number of hydrogen-bond donors (Lipinski definition) is 3. The quantitative estimate of drug-likeness (QED) is 0.468. The zero-order chi connectivity index (χ0) is 22.2. The Morgan fingerprint density at radius 3 is 2.32 bits per heavy atom. The number of carbonyl (C=O) groups excluding carboxylic acids is 2. The lowest BCUT2D eigenvalue weighted by Crippen LogP contribution is -2.25. The maximum atomic E-state index is 12.7. The van der Waals surface area contributed by atoms with Gasteiger partial charge < -0.3 is 21.1 Å². The van der Waals surface area contributed by atoms with E-state index in [-0.39, 0.29) is 11.8 Å². The van der Waals surface area contributed by atoms with Gasteiger partial charge >= 0.3 is 6.09 Å². The first-order valence-electron chi connectivity index (χ1n) is 10.2. The molecule has 0 aliphatic rings. The Kier molecular flexibility index (Phi) is 7.27. The molecule has 0 spiro atoms. The lowest BCUT2D eigenvalue weighted by molar-refractivity contribution is 0.102. The molecule has 0 saturated heterocycles. The summed E-state index contributed by atoms with van der Waals surface area (Å²) in [4.78, 5) is 24.3. The van der Waals surface area contributed by atoms with Gasteiger partial charge in [0.2, 0.25) is 0 Å². The first-order chi connectivity index (χ1) is 14.9. The van der Waals surface area contributed by atoms with Gasteiger partial charge in [0.05, 0.1) is 18.0 Å². The molecular formula is C25H27N3O3. The van der Waals surface area contributed by atoms with E-state index in [1.54, 1.807) is 30.3 Å². The molecule has 2 amide bonds. The van der Waals surface area contributed by atoms with Gasteiger partial charge in [-0.25, -0.2) is 4.79 Å². The number of nitrogens with two attached hydrogens (primary N) is 1. The molecule has 0 heterocycles. The maximum absolute atomic E-state index is 12.7.